The van der Waals surface area contributed by atoms with Crippen LogP contribution in [-0.4, -0.2) is 58.8 Å². The second kappa shape index (κ2) is 12.7. The summed E-state index contributed by atoms with van der Waals surface area (Å²) in [6.45, 7) is 4.38. The lowest BCUT2D eigenvalue weighted by Crippen LogP contribution is -2.41. The Morgan fingerprint density at radius 2 is 1.77 bits per heavy atom. The van der Waals surface area contributed by atoms with E-state index in [1.165, 1.54) is 18.4 Å². The molecule has 166 valence electrons. The van der Waals surface area contributed by atoms with E-state index in [9.17, 15) is 12.8 Å². The van der Waals surface area contributed by atoms with Crippen LogP contribution in [0.2, 0.25) is 0 Å². The van der Waals surface area contributed by atoms with Crippen LogP contribution in [-0.2, 0) is 16.3 Å². The van der Waals surface area contributed by atoms with Gasteiger partial charge in [0.2, 0.25) is 0 Å². The Morgan fingerprint density at radius 1 is 1.13 bits per heavy atom. The third kappa shape index (κ3) is 8.86. The molecule has 6 nitrogen and oxygen atoms in total. The smallest absolute Gasteiger partial charge is 0.193 e. The molecule has 30 heavy (non-hydrogen) atoms. The maximum atomic E-state index is 12.9. The summed E-state index contributed by atoms with van der Waals surface area (Å²) < 4.78 is 41.6. The Kier molecular flexibility index (Phi) is 11.1. The lowest BCUT2D eigenvalue weighted by molar-refractivity contribution is 0.281. The van der Waals surface area contributed by atoms with Crippen molar-refractivity contribution in [2.75, 3.05) is 39.5 Å². The lowest BCUT2D eigenvalue weighted by Gasteiger charge is -2.22. The number of hydrogen-bond acceptors (Lipinski definition) is 4. The van der Waals surface area contributed by atoms with Crippen molar-refractivity contribution in [1.82, 2.24) is 10.2 Å². The summed E-state index contributed by atoms with van der Waals surface area (Å²) in [6, 6.07) is 12.8. The first kappa shape index (κ1) is 26.2. The van der Waals surface area contributed by atoms with Gasteiger partial charge in [-0.3, -0.25) is 4.99 Å². The highest BCUT2D eigenvalue weighted by atomic mass is 127. The van der Waals surface area contributed by atoms with Gasteiger partial charge in [-0.05, 0) is 55.3 Å². The van der Waals surface area contributed by atoms with Crippen molar-refractivity contribution in [1.29, 1.82) is 0 Å². The second-order valence-electron chi connectivity index (χ2n) is 6.63. The molecule has 2 aromatic rings. The molecule has 9 heteroatoms. The van der Waals surface area contributed by atoms with Crippen LogP contribution in [0.25, 0.3) is 0 Å². The minimum Gasteiger partial charge on any atom is -0.492 e. The number of guanidine groups is 1. The van der Waals surface area contributed by atoms with Crippen LogP contribution < -0.4 is 10.1 Å². The Labute approximate surface area is 195 Å². The van der Waals surface area contributed by atoms with Crippen molar-refractivity contribution in [3.63, 3.8) is 0 Å². The number of halogens is 2. The lowest BCUT2D eigenvalue weighted by atomic mass is 10.1. The van der Waals surface area contributed by atoms with Gasteiger partial charge < -0.3 is 15.0 Å². The van der Waals surface area contributed by atoms with E-state index in [2.05, 4.69) is 10.3 Å². The first-order valence-electron chi connectivity index (χ1n) is 9.46. The summed E-state index contributed by atoms with van der Waals surface area (Å²) >= 11 is 0. The van der Waals surface area contributed by atoms with Gasteiger partial charge in [0.1, 0.15) is 18.2 Å². The fourth-order valence-electron chi connectivity index (χ4n) is 2.60. The van der Waals surface area contributed by atoms with Gasteiger partial charge in [-0.15, -0.1) is 24.0 Å². The molecule has 0 saturated carbocycles. The fraction of sp³-hybridized carbons (Fsp3) is 0.381. The normalized spacial score (nSPS) is 11.5. The van der Waals surface area contributed by atoms with Crippen molar-refractivity contribution in [3.05, 3.63) is 59.9 Å². The van der Waals surface area contributed by atoms with Gasteiger partial charge in [-0.25, -0.2) is 12.8 Å². The van der Waals surface area contributed by atoms with E-state index in [-0.39, 0.29) is 29.8 Å². The number of rotatable bonds is 9. The molecule has 1 N–H and O–H groups in total. The van der Waals surface area contributed by atoms with Gasteiger partial charge in [-0.1, -0.05) is 12.1 Å². The summed E-state index contributed by atoms with van der Waals surface area (Å²) in [5.41, 5.74) is 1.03. The maximum absolute atomic E-state index is 12.9. The van der Waals surface area contributed by atoms with E-state index >= 15 is 0 Å². The molecule has 2 rings (SSSR count). The number of hydrogen-bond donors (Lipinski definition) is 1. The Hall–Kier alpha value is -1.88. The number of nitrogens with one attached hydrogen (secondary N) is 1. The highest BCUT2D eigenvalue weighted by molar-refractivity contribution is 14.0. The number of aliphatic imine (C=N–C) groups is 1. The van der Waals surface area contributed by atoms with E-state index in [0.717, 1.165) is 18.1 Å². The minimum atomic E-state index is -3.18. The van der Waals surface area contributed by atoms with Crippen LogP contribution in [0.15, 0.2) is 58.4 Å². The molecule has 0 unspecified atom stereocenters. The molecule has 0 bridgehead atoms. The molecule has 0 spiro atoms. The van der Waals surface area contributed by atoms with Crippen molar-refractivity contribution < 1.29 is 17.5 Å². The highest BCUT2D eigenvalue weighted by Crippen LogP contribution is 2.12. The molecule has 0 aliphatic rings. The first-order valence-corrected chi connectivity index (χ1v) is 11.4. The number of ether oxygens (including phenoxy) is 1. The van der Waals surface area contributed by atoms with Gasteiger partial charge in [0.05, 0.1) is 11.4 Å². The van der Waals surface area contributed by atoms with Gasteiger partial charge in [0.25, 0.3) is 0 Å². The van der Waals surface area contributed by atoms with Gasteiger partial charge in [0, 0.05) is 26.4 Å². The van der Waals surface area contributed by atoms with Crippen LogP contribution in [0.4, 0.5) is 4.39 Å². The molecule has 0 aliphatic heterocycles. The van der Waals surface area contributed by atoms with Crippen LogP contribution in [0.1, 0.15) is 12.5 Å². The third-order valence-corrected chi connectivity index (χ3v) is 5.35. The number of sulfone groups is 1. The molecule has 0 atom stereocenters. The number of nitrogens with zero attached hydrogens (tertiary/aromatic N) is 2. The van der Waals surface area contributed by atoms with Gasteiger partial charge >= 0.3 is 0 Å². The molecule has 0 radical (unpaired) electrons. The molecule has 2 aromatic carbocycles. The summed E-state index contributed by atoms with van der Waals surface area (Å²) in [6.07, 6.45) is 1.91. The van der Waals surface area contributed by atoms with E-state index in [4.69, 9.17) is 4.74 Å². The van der Waals surface area contributed by atoms with Crippen LogP contribution >= 0.6 is 24.0 Å². The van der Waals surface area contributed by atoms with Crippen molar-refractivity contribution in [3.8, 4) is 5.75 Å². The summed E-state index contributed by atoms with van der Waals surface area (Å²) in [5.74, 6) is 1.10. The summed E-state index contributed by atoms with van der Waals surface area (Å²) in [4.78, 5) is 6.92. The van der Waals surface area contributed by atoms with Crippen LogP contribution in [0, 0.1) is 5.82 Å². The minimum absolute atomic E-state index is 0. The Balaban J connectivity index is 0.00000450. The Bertz CT molecular complexity index is 904. The molecule has 0 saturated heterocycles. The first-order chi connectivity index (χ1) is 13.8. The number of likely N-dealkylation sites (N-methyl/N-ethyl adjacent to an activating group) is 1. The van der Waals surface area contributed by atoms with Crippen LogP contribution in [0.3, 0.4) is 0 Å². The van der Waals surface area contributed by atoms with E-state index in [1.807, 2.05) is 31.0 Å². The predicted octanol–water partition coefficient (Wildman–Crippen LogP) is 3.37. The largest absolute Gasteiger partial charge is 0.492 e. The topological polar surface area (TPSA) is 71.0 Å². The quantitative estimate of drug-likeness (QED) is 0.295. The molecule has 0 fully saturated rings. The molecule has 0 amide bonds. The zero-order chi connectivity index (χ0) is 21.3. The highest BCUT2D eigenvalue weighted by Gasteiger charge is 2.07. The summed E-state index contributed by atoms with van der Waals surface area (Å²) in [7, 11) is -1.25. The van der Waals surface area contributed by atoms with Crippen LogP contribution in [0.5, 0.6) is 5.75 Å². The molecular formula is C21H29FIN3O3S. The monoisotopic (exact) mass is 549 g/mol. The molecular weight excluding hydrogens is 520 g/mol. The fourth-order valence-corrected chi connectivity index (χ4v) is 3.23. The zero-order valence-corrected chi connectivity index (χ0v) is 20.6. The SMILES string of the molecule is CCNC(=NCCc1ccc(S(C)(=O)=O)cc1)N(C)CCOc1ccc(F)cc1.I. The number of benzene rings is 2. The zero-order valence-electron chi connectivity index (χ0n) is 17.5. The van der Waals surface area contributed by atoms with E-state index < -0.39 is 9.84 Å². The van der Waals surface area contributed by atoms with E-state index in [1.54, 1.807) is 24.3 Å². The average Bonchev–Trinajstić information content (AvgIpc) is 2.68. The standard InChI is InChI=1S/C21H28FN3O3S.HI/c1-4-23-21(25(2)15-16-28-19-9-7-18(22)8-10-19)24-14-13-17-5-11-20(12-6-17)29(3,26)27;/h5-12H,4,13-16H2,1-3H3,(H,23,24);1H. The predicted molar refractivity (Wildman–Crippen MR) is 129 cm³/mol. The molecule has 0 aliphatic carbocycles. The third-order valence-electron chi connectivity index (χ3n) is 4.22. The van der Waals surface area contributed by atoms with Crippen molar-refractivity contribution >= 4 is 39.8 Å². The van der Waals surface area contributed by atoms with E-state index in [0.29, 0.717) is 36.8 Å². The van der Waals surface area contributed by atoms with Crippen molar-refractivity contribution in [2.45, 2.75) is 18.2 Å². The Morgan fingerprint density at radius 3 is 2.33 bits per heavy atom. The molecule has 0 aromatic heterocycles. The molecule has 0 heterocycles. The second-order valence-corrected chi connectivity index (χ2v) is 8.64. The summed E-state index contributed by atoms with van der Waals surface area (Å²) in [5, 5.41) is 3.25. The maximum Gasteiger partial charge on any atom is 0.193 e. The average molecular weight is 549 g/mol. The van der Waals surface area contributed by atoms with Gasteiger partial charge in [0.15, 0.2) is 15.8 Å². The van der Waals surface area contributed by atoms with Crippen molar-refractivity contribution in [2.24, 2.45) is 4.99 Å². The van der Waals surface area contributed by atoms with Gasteiger partial charge in [-0.2, -0.15) is 0 Å².